The number of hydrogen-bond acceptors (Lipinski definition) is 3. The number of nitriles is 1. The van der Waals surface area contributed by atoms with Crippen molar-refractivity contribution >= 4 is 10.9 Å². The molecule has 35 heavy (non-hydrogen) atoms. The summed E-state index contributed by atoms with van der Waals surface area (Å²) in [5.41, 5.74) is 3.48. The molecular formula is C28H32F3N3O. The molecule has 0 radical (unpaired) electrons. The van der Waals surface area contributed by atoms with Crippen LogP contribution in [-0.2, 0) is 0 Å². The van der Waals surface area contributed by atoms with Crippen LogP contribution in [0.3, 0.4) is 0 Å². The molecular weight excluding hydrogens is 451 g/mol. The first kappa shape index (κ1) is 25.1. The fourth-order valence-corrected chi connectivity index (χ4v) is 5.27. The zero-order valence-electron chi connectivity index (χ0n) is 20.1. The Morgan fingerprint density at radius 2 is 1.91 bits per heavy atom. The molecule has 1 unspecified atom stereocenters. The topological polar surface area (TPSA) is 50.0 Å². The minimum atomic E-state index is -4.74. The second kappa shape index (κ2) is 11.2. The summed E-state index contributed by atoms with van der Waals surface area (Å²) in [6, 6.07) is 14.7. The van der Waals surface area contributed by atoms with Gasteiger partial charge in [-0.2, -0.15) is 5.26 Å². The van der Waals surface area contributed by atoms with Gasteiger partial charge < -0.3 is 14.6 Å². The summed E-state index contributed by atoms with van der Waals surface area (Å²) in [5.74, 6) is -0.354. The number of alkyl halides is 3. The highest BCUT2D eigenvalue weighted by Crippen LogP contribution is 2.40. The molecule has 1 heterocycles. The van der Waals surface area contributed by atoms with Gasteiger partial charge in [0.1, 0.15) is 5.75 Å². The third kappa shape index (κ3) is 6.18. The lowest BCUT2D eigenvalue weighted by Crippen LogP contribution is -2.19. The number of halogens is 3. The summed E-state index contributed by atoms with van der Waals surface area (Å²) in [5, 5.41) is 14.0. The number of nitrogens with one attached hydrogen (secondary N) is 1. The number of benzene rings is 2. The van der Waals surface area contributed by atoms with E-state index in [4.69, 9.17) is 0 Å². The number of hydrogen-bond donors (Lipinski definition) is 1. The largest absolute Gasteiger partial charge is 0.573 e. The number of aromatic nitrogens is 1. The molecule has 3 aromatic rings. The van der Waals surface area contributed by atoms with Gasteiger partial charge in [0, 0.05) is 29.1 Å². The molecule has 1 fully saturated rings. The fraction of sp³-hybridized carbons (Fsp3) is 0.464. The van der Waals surface area contributed by atoms with Gasteiger partial charge in [0.05, 0.1) is 11.6 Å². The van der Waals surface area contributed by atoms with Crippen LogP contribution in [0.25, 0.3) is 10.9 Å². The van der Waals surface area contributed by atoms with Gasteiger partial charge >= 0.3 is 6.36 Å². The van der Waals surface area contributed by atoms with Crippen molar-refractivity contribution in [1.29, 1.82) is 5.26 Å². The second-order valence-electron chi connectivity index (χ2n) is 9.34. The first-order chi connectivity index (χ1) is 16.9. The van der Waals surface area contributed by atoms with Crippen molar-refractivity contribution in [3.63, 3.8) is 0 Å². The van der Waals surface area contributed by atoms with E-state index in [0.717, 1.165) is 60.8 Å². The lowest BCUT2D eigenvalue weighted by Gasteiger charge is -2.24. The Bertz CT molecular complexity index is 1170. The van der Waals surface area contributed by atoms with Crippen molar-refractivity contribution in [2.75, 3.05) is 13.1 Å². The quantitative estimate of drug-likeness (QED) is 0.322. The normalized spacial score (nSPS) is 15.7. The van der Waals surface area contributed by atoms with Crippen LogP contribution in [0, 0.1) is 11.3 Å². The van der Waals surface area contributed by atoms with E-state index in [9.17, 15) is 18.4 Å². The Morgan fingerprint density at radius 1 is 1.11 bits per heavy atom. The Morgan fingerprint density at radius 3 is 2.63 bits per heavy atom. The van der Waals surface area contributed by atoms with E-state index in [2.05, 4.69) is 33.8 Å². The SMILES string of the molecule is CCCNCCC(c1cccc(OC(F)(F)F)c1)c1cn(C2CCCCC2)c2ccc(C#N)cc12. The van der Waals surface area contributed by atoms with Crippen LogP contribution in [0.5, 0.6) is 5.75 Å². The number of fused-ring (bicyclic) bond motifs is 1. The maximum atomic E-state index is 12.9. The summed E-state index contributed by atoms with van der Waals surface area (Å²) < 4.78 is 45.3. The summed E-state index contributed by atoms with van der Waals surface area (Å²) >= 11 is 0. The standard InChI is InChI=1S/C28H32F3N3O/c1-2-14-33-15-13-24(21-7-6-10-23(17-21)35-28(29,30)31)26-19-34(22-8-4-3-5-9-22)27-12-11-20(18-32)16-25(26)27/h6-7,10-12,16-17,19,22,24,33H,2-5,8-9,13-15H2,1H3. The van der Waals surface area contributed by atoms with E-state index in [1.807, 2.05) is 24.3 Å². The van der Waals surface area contributed by atoms with E-state index in [-0.39, 0.29) is 11.7 Å². The predicted octanol–water partition coefficient (Wildman–Crippen LogP) is 7.44. The van der Waals surface area contributed by atoms with Gasteiger partial charge in [0.15, 0.2) is 0 Å². The lowest BCUT2D eigenvalue weighted by atomic mass is 9.88. The molecule has 7 heteroatoms. The van der Waals surface area contributed by atoms with Crippen LogP contribution in [0.1, 0.15) is 80.5 Å². The van der Waals surface area contributed by atoms with E-state index >= 15 is 0 Å². The number of rotatable bonds is 9. The maximum absolute atomic E-state index is 12.9. The van der Waals surface area contributed by atoms with Gasteiger partial charge in [-0.3, -0.25) is 0 Å². The summed E-state index contributed by atoms with van der Waals surface area (Å²) in [6.07, 6.45) is 5.02. The van der Waals surface area contributed by atoms with Gasteiger partial charge in [-0.05, 0) is 80.2 Å². The zero-order valence-corrected chi connectivity index (χ0v) is 20.1. The van der Waals surface area contributed by atoms with Gasteiger partial charge in [0.2, 0.25) is 0 Å². The Labute approximate surface area is 204 Å². The van der Waals surface area contributed by atoms with E-state index in [1.54, 1.807) is 6.07 Å². The molecule has 1 aliphatic rings. The first-order valence-corrected chi connectivity index (χ1v) is 12.5. The molecule has 2 aromatic carbocycles. The molecule has 0 bridgehead atoms. The van der Waals surface area contributed by atoms with Crippen LogP contribution in [0.2, 0.25) is 0 Å². The van der Waals surface area contributed by atoms with Crippen molar-refractivity contribution in [1.82, 2.24) is 9.88 Å². The Hall–Kier alpha value is -2.98. The Kier molecular flexibility index (Phi) is 8.02. The van der Waals surface area contributed by atoms with Crippen LogP contribution < -0.4 is 10.1 Å². The van der Waals surface area contributed by atoms with E-state index < -0.39 is 6.36 Å². The lowest BCUT2D eigenvalue weighted by molar-refractivity contribution is -0.274. The van der Waals surface area contributed by atoms with Crippen molar-refractivity contribution < 1.29 is 17.9 Å². The minimum absolute atomic E-state index is 0.141. The van der Waals surface area contributed by atoms with Crippen molar-refractivity contribution in [3.8, 4) is 11.8 Å². The maximum Gasteiger partial charge on any atom is 0.573 e. The highest BCUT2D eigenvalue weighted by Gasteiger charge is 2.31. The Balaban J connectivity index is 1.80. The average molecular weight is 484 g/mol. The van der Waals surface area contributed by atoms with E-state index in [1.165, 1.54) is 31.4 Å². The molecule has 1 saturated carbocycles. The monoisotopic (exact) mass is 483 g/mol. The summed E-state index contributed by atoms with van der Waals surface area (Å²) in [4.78, 5) is 0. The molecule has 4 rings (SSSR count). The average Bonchev–Trinajstić information content (AvgIpc) is 3.22. The molecule has 186 valence electrons. The van der Waals surface area contributed by atoms with Gasteiger partial charge in [-0.25, -0.2) is 0 Å². The molecule has 0 amide bonds. The highest BCUT2D eigenvalue weighted by molar-refractivity contribution is 5.86. The number of ether oxygens (including phenoxy) is 1. The van der Waals surface area contributed by atoms with Crippen molar-refractivity contribution in [2.24, 2.45) is 0 Å². The van der Waals surface area contributed by atoms with Crippen LogP contribution in [0.4, 0.5) is 13.2 Å². The molecule has 0 aliphatic heterocycles. The fourth-order valence-electron chi connectivity index (χ4n) is 5.27. The summed E-state index contributed by atoms with van der Waals surface area (Å²) in [7, 11) is 0. The third-order valence-corrected chi connectivity index (χ3v) is 6.87. The molecule has 4 nitrogen and oxygen atoms in total. The zero-order chi connectivity index (χ0) is 24.8. The van der Waals surface area contributed by atoms with E-state index in [0.29, 0.717) is 11.6 Å². The third-order valence-electron chi connectivity index (χ3n) is 6.87. The summed E-state index contributed by atoms with van der Waals surface area (Å²) in [6.45, 7) is 3.72. The number of nitrogens with zero attached hydrogens (tertiary/aromatic N) is 2. The highest BCUT2D eigenvalue weighted by atomic mass is 19.4. The van der Waals surface area contributed by atoms with Gasteiger partial charge in [-0.15, -0.1) is 13.2 Å². The van der Waals surface area contributed by atoms with Crippen LogP contribution >= 0.6 is 0 Å². The second-order valence-corrected chi connectivity index (χ2v) is 9.34. The molecule has 0 saturated heterocycles. The smallest absolute Gasteiger partial charge is 0.406 e. The minimum Gasteiger partial charge on any atom is -0.406 e. The van der Waals surface area contributed by atoms with Crippen LogP contribution in [-0.4, -0.2) is 24.0 Å². The predicted molar refractivity (Wildman–Crippen MR) is 132 cm³/mol. The van der Waals surface area contributed by atoms with Gasteiger partial charge in [0.25, 0.3) is 0 Å². The molecule has 1 atom stereocenters. The first-order valence-electron chi connectivity index (χ1n) is 12.5. The van der Waals surface area contributed by atoms with Crippen molar-refractivity contribution in [2.45, 2.75) is 70.2 Å². The molecule has 1 aliphatic carbocycles. The van der Waals surface area contributed by atoms with Crippen molar-refractivity contribution in [3.05, 3.63) is 65.4 Å². The molecule has 0 spiro atoms. The van der Waals surface area contributed by atoms with Gasteiger partial charge in [-0.1, -0.05) is 38.3 Å². The van der Waals surface area contributed by atoms with Crippen LogP contribution in [0.15, 0.2) is 48.7 Å². The molecule has 1 aromatic heterocycles. The molecule has 1 N–H and O–H groups in total.